The maximum atomic E-state index is 2.53. The Balaban J connectivity index is 2.43. The van der Waals surface area contributed by atoms with Crippen LogP contribution in [0.2, 0.25) is 0 Å². The maximum Gasteiger partial charge on any atom is -0.0114 e. The monoisotopic (exact) mass is 206 g/mol. The van der Waals surface area contributed by atoms with Crippen LogP contribution >= 0.6 is 0 Å². The van der Waals surface area contributed by atoms with Gasteiger partial charge in [-0.15, -0.1) is 0 Å². The Morgan fingerprint density at radius 2 is 2.00 bits per heavy atom. The fraction of sp³-hybridized carbons (Fsp3) is 0.867. The van der Waals surface area contributed by atoms with Crippen LogP contribution in [0.15, 0.2) is 11.6 Å². The van der Waals surface area contributed by atoms with Gasteiger partial charge in [-0.1, -0.05) is 39.3 Å². The molecule has 86 valence electrons. The molecule has 0 radical (unpaired) electrons. The predicted octanol–water partition coefficient (Wildman–Crippen LogP) is 4.81. The van der Waals surface area contributed by atoms with Crippen molar-refractivity contribution in [3.63, 3.8) is 0 Å². The molecule has 0 unspecified atom stereocenters. The lowest BCUT2D eigenvalue weighted by molar-refractivity contribution is 0.0503. The second-order valence-corrected chi connectivity index (χ2v) is 6.43. The van der Waals surface area contributed by atoms with Crippen molar-refractivity contribution in [1.29, 1.82) is 0 Å². The van der Waals surface area contributed by atoms with Gasteiger partial charge in [0.15, 0.2) is 0 Å². The number of hydrogen-bond acceptors (Lipinski definition) is 0. The zero-order valence-electron chi connectivity index (χ0n) is 11.1. The Labute approximate surface area is 95.1 Å². The van der Waals surface area contributed by atoms with Crippen LogP contribution < -0.4 is 0 Å². The Morgan fingerprint density at radius 1 is 1.33 bits per heavy atom. The molecule has 0 bridgehead atoms. The molecule has 1 saturated carbocycles. The van der Waals surface area contributed by atoms with E-state index in [0.29, 0.717) is 10.8 Å². The fourth-order valence-corrected chi connectivity index (χ4v) is 4.38. The molecule has 2 rings (SSSR count). The second kappa shape index (κ2) is 3.37. The summed E-state index contributed by atoms with van der Waals surface area (Å²) in [6.45, 7) is 12.1. The minimum Gasteiger partial charge on any atom is -0.0845 e. The molecule has 0 N–H and O–H groups in total. The van der Waals surface area contributed by atoms with Crippen molar-refractivity contribution in [3.8, 4) is 0 Å². The largest absolute Gasteiger partial charge is 0.0845 e. The Bertz CT molecular complexity index is 284. The first kappa shape index (κ1) is 11.2. The molecule has 0 aromatic heterocycles. The number of rotatable bonds is 1. The van der Waals surface area contributed by atoms with Gasteiger partial charge in [-0.25, -0.2) is 0 Å². The molecule has 2 aliphatic carbocycles. The molecule has 3 atom stereocenters. The summed E-state index contributed by atoms with van der Waals surface area (Å²) in [6.07, 6.45) is 8.13. The molecule has 0 spiro atoms. The van der Waals surface area contributed by atoms with Gasteiger partial charge in [-0.2, -0.15) is 0 Å². The molecule has 0 heterocycles. The fourth-order valence-electron chi connectivity index (χ4n) is 4.38. The van der Waals surface area contributed by atoms with Crippen LogP contribution in [0.4, 0.5) is 0 Å². The zero-order valence-corrected chi connectivity index (χ0v) is 11.1. The van der Waals surface area contributed by atoms with Crippen LogP contribution in [-0.4, -0.2) is 0 Å². The van der Waals surface area contributed by atoms with E-state index in [9.17, 15) is 0 Å². The summed E-state index contributed by atoms with van der Waals surface area (Å²) in [4.78, 5) is 0. The average Bonchev–Trinajstić information content (AvgIpc) is 2.52. The lowest BCUT2D eigenvalue weighted by Crippen LogP contribution is -2.42. The molecule has 2 aliphatic rings. The highest BCUT2D eigenvalue weighted by Crippen LogP contribution is 2.62. The standard InChI is InChI=1S/C15H26/c1-6-15-10-9-11(2)14(4,5)13(15)8-7-12(15)3/h9,12-13H,6-8,10H2,1-5H3/t12-,13+,15-/m1/s1. The molecule has 0 amide bonds. The average molecular weight is 206 g/mol. The van der Waals surface area contributed by atoms with Crippen molar-refractivity contribution in [2.24, 2.45) is 22.7 Å². The van der Waals surface area contributed by atoms with E-state index in [1.807, 2.05) is 0 Å². The van der Waals surface area contributed by atoms with Gasteiger partial charge in [0.05, 0.1) is 0 Å². The van der Waals surface area contributed by atoms with E-state index >= 15 is 0 Å². The number of hydrogen-bond donors (Lipinski definition) is 0. The van der Waals surface area contributed by atoms with Crippen molar-refractivity contribution in [1.82, 2.24) is 0 Å². The van der Waals surface area contributed by atoms with Gasteiger partial charge in [0, 0.05) is 0 Å². The van der Waals surface area contributed by atoms with Gasteiger partial charge in [0.1, 0.15) is 0 Å². The summed E-state index contributed by atoms with van der Waals surface area (Å²) in [7, 11) is 0. The quantitative estimate of drug-likeness (QED) is 0.540. The van der Waals surface area contributed by atoms with Crippen LogP contribution in [0.25, 0.3) is 0 Å². The van der Waals surface area contributed by atoms with Crippen molar-refractivity contribution in [3.05, 3.63) is 11.6 Å². The first-order chi connectivity index (χ1) is 6.95. The molecule has 0 nitrogen and oxygen atoms in total. The maximum absolute atomic E-state index is 2.53. The van der Waals surface area contributed by atoms with Crippen molar-refractivity contribution >= 4 is 0 Å². The van der Waals surface area contributed by atoms with Crippen LogP contribution in [0, 0.1) is 22.7 Å². The smallest absolute Gasteiger partial charge is 0.0114 e. The number of fused-ring (bicyclic) bond motifs is 1. The Hall–Kier alpha value is -0.260. The van der Waals surface area contributed by atoms with Gasteiger partial charge in [0.2, 0.25) is 0 Å². The zero-order chi connectivity index (χ0) is 11.3. The van der Waals surface area contributed by atoms with Gasteiger partial charge >= 0.3 is 0 Å². The van der Waals surface area contributed by atoms with Gasteiger partial charge < -0.3 is 0 Å². The Kier molecular flexibility index (Phi) is 2.52. The molecular formula is C15H26. The van der Waals surface area contributed by atoms with Crippen LogP contribution in [0.5, 0.6) is 0 Å². The normalized spacial score (nSPS) is 43.7. The summed E-state index contributed by atoms with van der Waals surface area (Å²) < 4.78 is 0. The first-order valence-corrected chi connectivity index (χ1v) is 6.62. The molecule has 0 aromatic carbocycles. The SMILES string of the molecule is CC[C@]12CC=C(C)C(C)(C)[C@@H]1CC[C@H]2C. The molecule has 0 saturated heterocycles. The topological polar surface area (TPSA) is 0 Å². The molecule has 15 heavy (non-hydrogen) atoms. The van der Waals surface area contributed by atoms with E-state index in [2.05, 4.69) is 40.7 Å². The summed E-state index contributed by atoms with van der Waals surface area (Å²) in [6, 6.07) is 0. The van der Waals surface area contributed by atoms with E-state index < -0.39 is 0 Å². The van der Waals surface area contributed by atoms with Crippen molar-refractivity contribution < 1.29 is 0 Å². The van der Waals surface area contributed by atoms with Crippen molar-refractivity contribution in [2.75, 3.05) is 0 Å². The molecule has 0 aliphatic heterocycles. The van der Waals surface area contributed by atoms with Crippen molar-refractivity contribution in [2.45, 2.75) is 60.3 Å². The number of allylic oxidation sites excluding steroid dienone is 2. The summed E-state index contributed by atoms with van der Waals surface area (Å²) >= 11 is 0. The summed E-state index contributed by atoms with van der Waals surface area (Å²) in [5.41, 5.74) is 2.70. The lowest BCUT2D eigenvalue weighted by Gasteiger charge is -2.50. The van der Waals surface area contributed by atoms with E-state index in [1.54, 1.807) is 5.57 Å². The van der Waals surface area contributed by atoms with E-state index in [0.717, 1.165) is 11.8 Å². The third-order valence-corrected chi connectivity index (χ3v) is 5.90. The van der Waals surface area contributed by atoms with Crippen LogP contribution in [-0.2, 0) is 0 Å². The van der Waals surface area contributed by atoms with Gasteiger partial charge in [0.25, 0.3) is 0 Å². The highest BCUT2D eigenvalue weighted by Gasteiger charge is 2.53. The third kappa shape index (κ3) is 1.33. The minimum absolute atomic E-state index is 0.443. The molecular weight excluding hydrogens is 180 g/mol. The highest BCUT2D eigenvalue weighted by atomic mass is 14.6. The Morgan fingerprint density at radius 3 is 2.60 bits per heavy atom. The van der Waals surface area contributed by atoms with E-state index in [1.165, 1.54) is 25.7 Å². The van der Waals surface area contributed by atoms with E-state index in [4.69, 9.17) is 0 Å². The minimum atomic E-state index is 0.443. The first-order valence-electron chi connectivity index (χ1n) is 6.62. The van der Waals surface area contributed by atoms with Crippen LogP contribution in [0.3, 0.4) is 0 Å². The van der Waals surface area contributed by atoms with Gasteiger partial charge in [-0.05, 0) is 55.3 Å². The lowest BCUT2D eigenvalue weighted by atomic mass is 9.55. The summed E-state index contributed by atoms with van der Waals surface area (Å²) in [5, 5.41) is 0. The van der Waals surface area contributed by atoms with E-state index in [-0.39, 0.29) is 0 Å². The predicted molar refractivity (Wildman–Crippen MR) is 66.8 cm³/mol. The molecule has 1 fully saturated rings. The molecule has 0 aromatic rings. The highest BCUT2D eigenvalue weighted by molar-refractivity contribution is 5.21. The summed E-state index contributed by atoms with van der Waals surface area (Å²) in [5.74, 6) is 1.85. The second-order valence-electron chi connectivity index (χ2n) is 6.43. The molecule has 0 heteroatoms. The van der Waals surface area contributed by atoms with Crippen LogP contribution in [0.1, 0.15) is 60.3 Å². The third-order valence-electron chi connectivity index (χ3n) is 5.90. The van der Waals surface area contributed by atoms with Gasteiger partial charge in [-0.3, -0.25) is 0 Å².